The Balaban J connectivity index is 1.85. The number of rotatable bonds is 2. The zero-order valence-electron chi connectivity index (χ0n) is 13.8. The van der Waals surface area contributed by atoms with E-state index in [1.165, 1.54) is 11.1 Å². The van der Waals surface area contributed by atoms with Crippen molar-refractivity contribution in [2.75, 3.05) is 26.9 Å². The quantitative estimate of drug-likeness (QED) is 0.901. The Labute approximate surface area is 146 Å². The molecule has 0 spiro atoms. The van der Waals surface area contributed by atoms with Crippen LogP contribution in [0.5, 0.6) is 17.2 Å². The van der Waals surface area contributed by atoms with Gasteiger partial charge in [0.25, 0.3) is 0 Å². The summed E-state index contributed by atoms with van der Waals surface area (Å²) < 4.78 is 17.1. The van der Waals surface area contributed by atoms with Crippen molar-refractivity contribution in [3.05, 3.63) is 51.5 Å². The highest BCUT2D eigenvalue weighted by atomic mass is 35.5. The Kier molecular flexibility index (Phi) is 4.02. The normalized spacial score (nSPS) is 18.9. The molecule has 0 saturated heterocycles. The van der Waals surface area contributed by atoms with E-state index in [1.807, 2.05) is 13.0 Å². The van der Waals surface area contributed by atoms with Crippen LogP contribution in [0.15, 0.2) is 24.3 Å². The summed E-state index contributed by atoms with van der Waals surface area (Å²) in [5.41, 5.74) is 4.65. The molecule has 126 valence electrons. The van der Waals surface area contributed by atoms with Crippen LogP contribution in [0, 0.1) is 6.92 Å². The van der Waals surface area contributed by atoms with Crippen LogP contribution in [0.3, 0.4) is 0 Å². The molecule has 2 heterocycles. The van der Waals surface area contributed by atoms with E-state index < -0.39 is 0 Å². The highest BCUT2D eigenvalue weighted by Crippen LogP contribution is 2.42. The van der Waals surface area contributed by atoms with Gasteiger partial charge in [-0.05, 0) is 48.2 Å². The summed E-state index contributed by atoms with van der Waals surface area (Å²) in [5.74, 6) is 2.38. The lowest BCUT2D eigenvalue weighted by molar-refractivity contribution is 0.171. The molecule has 5 heteroatoms. The van der Waals surface area contributed by atoms with E-state index in [1.54, 1.807) is 7.11 Å². The lowest BCUT2D eigenvalue weighted by Crippen LogP contribution is -2.31. The van der Waals surface area contributed by atoms with Crippen LogP contribution in [0.2, 0.25) is 5.02 Å². The van der Waals surface area contributed by atoms with Gasteiger partial charge in [-0.25, -0.2) is 0 Å². The summed E-state index contributed by atoms with van der Waals surface area (Å²) in [7, 11) is 1.66. The van der Waals surface area contributed by atoms with Gasteiger partial charge in [0.05, 0.1) is 18.2 Å². The molecule has 2 aromatic rings. The maximum atomic E-state index is 6.40. The van der Waals surface area contributed by atoms with Crippen molar-refractivity contribution < 1.29 is 14.2 Å². The molecule has 0 bridgehead atoms. The minimum absolute atomic E-state index is 0.0249. The number of hydrogen-bond acceptors (Lipinski definition) is 4. The number of aryl methyl sites for hydroxylation is 1. The number of ether oxygens (including phenoxy) is 3. The Hall–Kier alpha value is -1.91. The van der Waals surface area contributed by atoms with E-state index >= 15 is 0 Å². The van der Waals surface area contributed by atoms with Gasteiger partial charge < -0.3 is 19.5 Å². The van der Waals surface area contributed by atoms with Crippen LogP contribution >= 0.6 is 11.6 Å². The summed E-state index contributed by atoms with van der Waals surface area (Å²) in [4.78, 5) is 0. The van der Waals surface area contributed by atoms with Gasteiger partial charge in [-0.2, -0.15) is 0 Å². The zero-order valence-corrected chi connectivity index (χ0v) is 14.6. The molecular weight excluding hydrogens is 326 g/mol. The van der Waals surface area contributed by atoms with E-state index in [-0.39, 0.29) is 6.04 Å². The van der Waals surface area contributed by atoms with Gasteiger partial charge in [-0.15, -0.1) is 0 Å². The van der Waals surface area contributed by atoms with E-state index in [0.29, 0.717) is 18.2 Å². The number of benzene rings is 2. The molecule has 0 aliphatic carbocycles. The third-order valence-corrected chi connectivity index (χ3v) is 4.87. The highest BCUT2D eigenvalue weighted by molar-refractivity contribution is 6.32. The van der Waals surface area contributed by atoms with Crippen molar-refractivity contribution in [1.82, 2.24) is 5.32 Å². The topological polar surface area (TPSA) is 39.7 Å². The molecule has 24 heavy (non-hydrogen) atoms. The van der Waals surface area contributed by atoms with Gasteiger partial charge in [-0.3, -0.25) is 0 Å². The van der Waals surface area contributed by atoms with E-state index in [0.717, 1.165) is 41.3 Å². The molecule has 4 rings (SSSR count). The monoisotopic (exact) mass is 345 g/mol. The van der Waals surface area contributed by atoms with Gasteiger partial charge in [-0.1, -0.05) is 17.7 Å². The first kappa shape index (κ1) is 15.6. The average Bonchev–Trinajstić information content (AvgIpc) is 2.59. The second-order valence-electron chi connectivity index (χ2n) is 6.20. The average molecular weight is 346 g/mol. The molecule has 1 atom stereocenters. The molecule has 2 aliphatic heterocycles. The standard InChI is InChI=1S/C19H20ClNO3/c1-11-7-14(19(22-2)15(20)8-11)18-13-10-17-16(23-5-6-24-17)9-12(13)3-4-21-18/h7-10,18,21H,3-6H2,1-2H3. The predicted molar refractivity (Wildman–Crippen MR) is 93.7 cm³/mol. The van der Waals surface area contributed by atoms with Crippen LogP contribution in [-0.2, 0) is 6.42 Å². The summed E-state index contributed by atoms with van der Waals surface area (Å²) in [6.07, 6.45) is 0.963. The number of nitrogens with one attached hydrogen (secondary N) is 1. The molecular formula is C19H20ClNO3. The van der Waals surface area contributed by atoms with Gasteiger partial charge in [0.2, 0.25) is 0 Å². The van der Waals surface area contributed by atoms with E-state index in [2.05, 4.69) is 23.5 Å². The van der Waals surface area contributed by atoms with E-state index in [4.69, 9.17) is 25.8 Å². The van der Waals surface area contributed by atoms with Crippen molar-refractivity contribution in [1.29, 1.82) is 0 Å². The molecule has 0 saturated carbocycles. The molecule has 2 aliphatic rings. The molecule has 1 N–H and O–H groups in total. The number of hydrogen-bond donors (Lipinski definition) is 1. The minimum Gasteiger partial charge on any atom is -0.495 e. The molecule has 4 nitrogen and oxygen atoms in total. The fourth-order valence-electron chi connectivity index (χ4n) is 3.56. The van der Waals surface area contributed by atoms with E-state index in [9.17, 15) is 0 Å². The fourth-order valence-corrected chi connectivity index (χ4v) is 3.91. The SMILES string of the molecule is COc1c(Cl)cc(C)cc1C1NCCc2cc3c(cc21)OCCO3. The second-order valence-corrected chi connectivity index (χ2v) is 6.61. The Morgan fingerprint density at radius 2 is 1.83 bits per heavy atom. The summed E-state index contributed by atoms with van der Waals surface area (Å²) >= 11 is 6.40. The highest BCUT2D eigenvalue weighted by Gasteiger charge is 2.28. The van der Waals surface area contributed by atoms with Gasteiger partial charge >= 0.3 is 0 Å². The molecule has 2 aromatic carbocycles. The molecule has 0 fully saturated rings. The summed E-state index contributed by atoms with van der Waals surface area (Å²) in [5, 5.41) is 4.23. The first-order valence-corrected chi connectivity index (χ1v) is 8.55. The molecule has 0 amide bonds. The Morgan fingerprint density at radius 1 is 1.08 bits per heavy atom. The number of fused-ring (bicyclic) bond motifs is 2. The first-order valence-electron chi connectivity index (χ1n) is 8.17. The van der Waals surface area contributed by atoms with Gasteiger partial charge in [0, 0.05) is 12.1 Å². The lowest BCUT2D eigenvalue weighted by atomic mass is 9.88. The fraction of sp³-hybridized carbons (Fsp3) is 0.368. The van der Waals surface area contributed by atoms with Crippen LogP contribution < -0.4 is 19.5 Å². The van der Waals surface area contributed by atoms with Crippen molar-refractivity contribution in [2.24, 2.45) is 0 Å². The minimum atomic E-state index is 0.0249. The molecule has 1 unspecified atom stereocenters. The predicted octanol–water partition coefficient (Wildman–Crippen LogP) is 3.66. The summed E-state index contributed by atoms with van der Waals surface area (Å²) in [6, 6.07) is 8.29. The molecule has 0 aromatic heterocycles. The van der Waals surface area contributed by atoms with Gasteiger partial charge in [0.1, 0.15) is 19.0 Å². The van der Waals surface area contributed by atoms with Crippen molar-refractivity contribution >= 4 is 11.6 Å². The number of methoxy groups -OCH3 is 1. The van der Waals surface area contributed by atoms with Crippen molar-refractivity contribution in [2.45, 2.75) is 19.4 Å². The van der Waals surface area contributed by atoms with Gasteiger partial charge in [0.15, 0.2) is 11.5 Å². The largest absolute Gasteiger partial charge is 0.495 e. The Morgan fingerprint density at radius 3 is 2.58 bits per heavy atom. The second kappa shape index (κ2) is 6.19. The van der Waals surface area contributed by atoms with Crippen LogP contribution in [0.1, 0.15) is 28.3 Å². The van der Waals surface area contributed by atoms with Crippen molar-refractivity contribution in [3.8, 4) is 17.2 Å². The zero-order chi connectivity index (χ0) is 16.7. The molecule has 0 radical (unpaired) electrons. The maximum absolute atomic E-state index is 6.40. The Bertz CT molecular complexity index is 791. The smallest absolute Gasteiger partial charge is 0.161 e. The third-order valence-electron chi connectivity index (χ3n) is 4.59. The van der Waals surface area contributed by atoms with Crippen LogP contribution in [0.4, 0.5) is 0 Å². The van der Waals surface area contributed by atoms with Crippen molar-refractivity contribution in [3.63, 3.8) is 0 Å². The third kappa shape index (κ3) is 2.60. The first-order chi connectivity index (χ1) is 11.7. The summed E-state index contributed by atoms with van der Waals surface area (Å²) in [6.45, 7) is 4.13. The van der Waals surface area contributed by atoms with Crippen LogP contribution in [-0.4, -0.2) is 26.9 Å². The number of halogens is 1. The lowest BCUT2D eigenvalue weighted by Gasteiger charge is -2.31. The van der Waals surface area contributed by atoms with Crippen LogP contribution in [0.25, 0.3) is 0 Å². The maximum Gasteiger partial charge on any atom is 0.161 e.